The highest BCUT2D eigenvalue weighted by Crippen LogP contribution is 2.31. The Bertz CT molecular complexity index is 1490. The summed E-state index contributed by atoms with van der Waals surface area (Å²) in [4.78, 5) is 25.4. The third kappa shape index (κ3) is 7.17. The summed E-state index contributed by atoms with van der Waals surface area (Å²) in [5.74, 6) is 0. The molecule has 0 saturated carbocycles. The van der Waals surface area contributed by atoms with Crippen molar-refractivity contribution >= 4 is 33.3 Å². The number of hydrogen-bond donors (Lipinski definition) is 1. The fraction of sp³-hybridized carbons (Fsp3) is 0.484. The third-order valence-corrected chi connectivity index (χ3v) is 8.98. The second kappa shape index (κ2) is 12.3. The number of nitrogens with one attached hydrogen (secondary N) is 1. The van der Waals surface area contributed by atoms with Crippen LogP contribution in [0.1, 0.15) is 62.3 Å². The molecule has 41 heavy (non-hydrogen) atoms. The molecule has 2 heterocycles. The van der Waals surface area contributed by atoms with Crippen LogP contribution in [-0.4, -0.2) is 55.4 Å². The van der Waals surface area contributed by atoms with Crippen LogP contribution in [0.3, 0.4) is 0 Å². The first-order chi connectivity index (χ1) is 19.3. The molecule has 1 aliphatic heterocycles. The lowest BCUT2D eigenvalue weighted by Crippen LogP contribution is -2.49. The maximum atomic E-state index is 14.1. The summed E-state index contributed by atoms with van der Waals surface area (Å²) in [6.45, 7) is 11.3. The standard InChI is InChI=1S/C31H40N2O7S/c1-20-15-21(2)29(22(3)16-20)41(36,37)33-18-23(24-11-7-8-12-26(24)33)17-25(32-30(35)40-31(4,5)6)27(19-34)39-28-13-9-10-14-38-28/h7-8,11-12,15-16,18-19,25,27-28H,9-10,13-14,17H2,1-6H3,(H,32,35)/t25-,27+,28?/m0/s1. The fourth-order valence-electron chi connectivity index (χ4n) is 5.41. The van der Waals surface area contributed by atoms with Crippen LogP contribution in [0.4, 0.5) is 4.79 Å². The highest BCUT2D eigenvalue weighted by Gasteiger charge is 2.32. The zero-order valence-electron chi connectivity index (χ0n) is 24.6. The molecule has 222 valence electrons. The van der Waals surface area contributed by atoms with Crippen molar-refractivity contribution in [2.75, 3.05) is 6.61 Å². The van der Waals surface area contributed by atoms with E-state index in [4.69, 9.17) is 14.2 Å². The van der Waals surface area contributed by atoms with Gasteiger partial charge in [-0.25, -0.2) is 17.2 Å². The van der Waals surface area contributed by atoms with Gasteiger partial charge in [-0.1, -0.05) is 35.9 Å². The number of rotatable bonds is 9. The number of para-hydroxylation sites is 1. The number of fused-ring (bicyclic) bond motifs is 1. The largest absolute Gasteiger partial charge is 0.444 e. The molecule has 1 aromatic heterocycles. The summed E-state index contributed by atoms with van der Waals surface area (Å²) >= 11 is 0. The molecule has 1 unspecified atom stereocenters. The summed E-state index contributed by atoms with van der Waals surface area (Å²) in [7, 11) is -3.97. The van der Waals surface area contributed by atoms with Crippen molar-refractivity contribution in [3.8, 4) is 0 Å². The van der Waals surface area contributed by atoms with Gasteiger partial charge in [0, 0.05) is 18.2 Å². The van der Waals surface area contributed by atoms with Gasteiger partial charge in [0.15, 0.2) is 12.6 Å². The normalized spacial score (nSPS) is 17.7. The van der Waals surface area contributed by atoms with E-state index in [1.807, 2.05) is 31.2 Å². The first-order valence-electron chi connectivity index (χ1n) is 13.9. The molecule has 2 aromatic carbocycles. The number of benzene rings is 2. The van der Waals surface area contributed by atoms with Crippen LogP contribution in [0, 0.1) is 20.8 Å². The lowest BCUT2D eigenvalue weighted by molar-refractivity contribution is -0.191. The molecule has 1 fully saturated rings. The number of alkyl carbamates (subject to hydrolysis) is 1. The van der Waals surface area contributed by atoms with Crippen LogP contribution >= 0.6 is 0 Å². The number of carbonyl (C=O) groups is 2. The molecule has 0 bridgehead atoms. The predicted octanol–water partition coefficient (Wildman–Crippen LogP) is 5.35. The Morgan fingerprint density at radius 1 is 1.15 bits per heavy atom. The van der Waals surface area contributed by atoms with Crippen LogP contribution in [0.15, 0.2) is 47.5 Å². The molecule has 0 spiro atoms. The van der Waals surface area contributed by atoms with E-state index in [9.17, 15) is 18.0 Å². The third-order valence-electron chi connectivity index (χ3n) is 7.00. The van der Waals surface area contributed by atoms with E-state index in [0.717, 1.165) is 18.4 Å². The molecule has 1 aliphatic rings. The maximum Gasteiger partial charge on any atom is 0.407 e. The van der Waals surface area contributed by atoms with Gasteiger partial charge in [0.25, 0.3) is 10.0 Å². The molecular formula is C31H40N2O7S. The Morgan fingerprint density at radius 2 is 1.83 bits per heavy atom. The van der Waals surface area contributed by atoms with Gasteiger partial charge in [0.1, 0.15) is 11.7 Å². The van der Waals surface area contributed by atoms with Crippen LogP contribution in [-0.2, 0) is 35.4 Å². The zero-order chi connectivity index (χ0) is 29.9. The van der Waals surface area contributed by atoms with Crippen molar-refractivity contribution in [1.29, 1.82) is 0 Å². The number of aromatic nitrogens is 1. The van der Waals surface area contributed by atoms with E-state index in [-0.39, 0.29) is 11.3 Å². The van der Waals surface area contributed by atoms with E-state index >= 15 is 0 Å². The summed E-state index contributed by atoms with van der Waals surface area (Å²) in [6.07, 6.45) is 2.46. The molecular weight excluding hydrogens is 544 g/mol. The second-order valence-corrected chi connectivity index (χ2v) is 13.4. The zero-order valence-corrected chi connectivity index (χ0v) is 25.4. The molecule has 10 heteroatoms. The Kier molecular flexibility index (Phi) is 9.25. The molecule has 3 atom stereocenters. The molecule has 1 saturated heterocycles. The number of hydrogen-bond acceptors (Lipinski definition) is 7. The van der Waals surface area contributed by atoms with Gasteiger partial charge in [0.05, 0.1) is 16.5 Å². The van der Waals surface area contributed by atoms with Crippen molar-refractivity contribution in [3.05, 3.63) is 64.8 Å². The molecule has 0 radical (unpaired) electrons. The maximum absolute atomic E-state index is 14.1. The molecule has 9 nitrogen and oxygen atoms in total. The lowest BCUT2D eigenvalue weighted by Gasteiger charge is -2.30. The molecule has 3 aromatic rings. The number of carbonyl (C=O) groups excluding carboxylic acids is 2. The number of aldehydes is 1. The average molecular weight is 585 g/mol. The topological polar surface area (TPSA) is 113 Å². The van der Waals surface area contributed by atoms with Crippen LogP contribution in [0.5, 0.6) is 0 Å². The van der Waals surface area contributed by atoms with Crippen molar-refractivity contribution in [2.45, 2.75) is 96.2 Å². The molecule has 1 amide bonds. The van der Waals surface area contributed by atoms with Gasteiger partial charge in [-0.05, 0) is 90.0 Å². The van der Waals surface area contributed by atoms with Gasteiger partial charge in [-0.2, -0.15) is 0 Å². The average Bonchev–Trinajstić information content (AvgIpc) is 3.25. The highest BCUT2D eigenvalue weighted by molar-refractivity contribution is 7.90. The van der Waals surface area contributed by atoms with Gasteiger partial charge < -0.3 is 24.3 Å². The van der Waals surface area contributed by atoms with Crippen molar-refractivity contribution < 1.29 is 32.2 Å². The minimum atomic E-state index is -3.97. The molecule has 4 rings (SSSR count). The lowest BCUT2D eigenvalue weighted by atomic mass is 10.0. The second-order valence-electron chi connectivity index (χ2n) is 11.7. The van der Waals surface area contributed by atoms with Gasteiger partial charge in [-0.3, -0.25) is 0 Å². The van der Waals surface area contributed by atoms with E-state index in [0.29, 0.717) is 46.9 Å². The number of nitrogens with zero attached hydrogens (tertiary/aromatic N) is 1. The summed E-state index contributed by atoms with van der Waals surface area (Å²) in [5.41, 5.74) is 2.67. The first kappa shape index (κ1) is 30.7. The van der Waals surface area contributed by atoms with Gasteiger partial charge >= 0.3 is 6.09 Å². The molecule has 1 N–H and O–H groups in total. The highest BCUT2D eigenvalue weighted by atomic mass is 32.2. The van der Waals surface area contributed by atoms with Crippen molar-refractivity contribution in [2.24, 2.45) is 0 Å². The number of ether oxygens (including phenoxy) is 3. The SMILES string of the molecule is Cc1cc(C)c(S(=O)(=O)n2cc(C[C@H](NC(=O)OC(C)(C)C)[C@@H](C=O)OC3CCCCO3)c3ccccc32)c(C)c1. The Labute approximate surface area is 242 Å². The number of aryl methyl sites for hydroxylation is 3. The van der Waals surface area contributed by atoms with Crippen molar-refractivity contribution in [1.82, 2.24) is 9.29 Å². The minimum Gasteiger partial charge on any atom is -0.444 e. The Morgan fingerprint density at radius 3 is 2.44 bits per heavy atom. The number of amides is 1. The van der Waals surface area contributed by atoms with Gasteiger partial charge in [-0.15, -0.1) is 0 Å². The smallest absolute Gasteiger partial charge is 0.407 e. The predicted molar refractivity (Wildman–Crippen MR) is 157 cm³/mol. The summed E-state index contributed by atoms with van der Waals surface area (Å²) < 4.78 is 46.6. The summed E-state index contributed by atoms with van der Waals surface area (Å²) in [5, 5.41) is 3.49. The van der Waals surface area contributed by atoms with Crippen LogP contribution < -0.4 is 5.32 Å². The fourth-order valence-corrected chi connectivity index (χ4v) is 7.22. The monoisotopic (exact) mass is 584 g/mol. The van der Waals surface area contributed by atoms with E-state index in [1.165, 1.54) is 3.97 Å². The quantitative estimate of drug-likeness (QED) is 0.337. The minimum absolute atomic E-state index is 0.115. The van der Waals surface area contributed by atoms with Crippen LogP contribution in [0.25, 0.3) is 10.9 Å². The van der Waals surface area contributed by atoms with E-state index < -0.39 is 40.2 Å². The Hall–Kier alpha value is -3.21. The Balaban J connectivity index is 1.75. The van der Waals surface area contributed by atoms with E-state index in [1.54, 1.807) is 52.9 Å². The molecule has 0 aliphatic carbocycles. The summed E-state index contributed by atoms with van der Waals surface area (Å²) in [6, 6.07) is 10.0. The van der Waals surface area contributed by atoms with E-state index in [2.05, 4.69) is 5.32 Å². The first-order valence-corrected chi connectivity index (χ1v) is 15.4. The van der Waals surface area contributed by atoms with Crippen LogP contribution in [0.2, 0.25) is 0 Å². The van der Waals surface area contributed by atoms with Gasteiger partial charge in [0.2, 0.25) is 0 Å². The van der Waals surface area contributed by atoms with Crippen molar-refractivity contribution in [3.63, 3.8) is 0 Å².